The first-order valence-electron chi connectivity index (χ1n) is 7.39. The molecule has 0 aromatic heterocycles. The van der Waals surface area contributed by atoms with E-state index < -0.39 is 0 Å². The highest BCUT2D eigenvalue weighted by molar-refractivity contribution is 5.78. The zero-order valence-corrected chi connectivity index (χ0v) is 11.3. The Hall–Kier alpha value is -1.57. The second-order valence-electron chi connectivity index (χ2n) is 5.56. The molecule has 1 atom stereocenters. The lowest BCUT2D eigenvalue weighted by atomic mass is 10.0. The molecule has 0 unspecified atom stereocenters. The van der Waals surface area contributed by atoms with Crippen molar-refractivity contribution < 1.29 is 4.79 Å². The van der Waals surface area contributed by atoms with E-state index in [1.807, 2.05) is 6.07 Å². The molecule has 0 bridgehead atoms. The Morgan fingerprint density at radius 2 is 1.79 bits per heavy atom. The van der Waals surface area contributed by atoms with Crippen LogP contribution in [0.1, 0.15) is 50.1 Å². The van der Waals surface area contributed by atoms with Crippen molar-refractivity contribution in [2.24, 2.45) is 0 Å². The van der Waals surface area contributed by atoms with Gasteiger partial charge in [0.25, 0.3) is 0 Å². The van der Waals surface area contributed by atoms with Gasteiger partial charge in [-0.05, 0) is 24.8 Å². The van der Waals surface area contributed by atoms with Crippen molar-refractivity contribution in [2.75, 3.05) is 0 Å². The van der Waals surface area contributed by atoms with Gasteiger partial charge in [-0.2, -0.15) is 0 Å². The van der Waals surface area contributed by atoms with Crippen LogP contribution in [0, 0.1) is 0 Å². The molecule has 1 amide bonds. The molecular formula is C17H21NO. The molecule has 2 aliphatic rings. The highest BCUT2D eigenvalue weighted by atomic mass is 16.2. The summed E-state index contributed by atoms with van der Waals surface area (Å²) in [6.07, 6.45) is 10.8. The third kappa shape index (κ3) is 2.58. The van der Waals surface area contributed by atoms with E-state index in [9.17, 15) is 4.79 Å². The van der Waals surface area contributed by atoms with Gasteiger partial charge in [0.2, 0.25) is 5.91 Å². The SMILES string of the molecule is O=C1CCC=C[C@@H](c2ccccc2)N1C1CCCC1. The molecule has 3 rings (SSSR count). The monoisotopic (exact) mass is 255 g/mol. The lowest BCUT2D eigenvalue weighted by Gasteiger charge is -2.34. The second-order valence-corrected chi connectivity index (χ2v) is 5.56. The second kappa shape index (κ2) is 5.60. The molecule has 19 heavy (non-hydrogen) atoms. The first-order chi connectivity index (χ1) is 9.36. The van der Waals surface area contributed by atoms with Crippen molar-refractivity contribution >= 4 is 5.91 Å². The third-order valence-corrected chi connectivity index (χ3v) is 4.29. The van der Waals surface area contributed by atoms with Gasteiger partial charge in [0.05, 0.1) is 6.04 Å². The van der Waals surface area contributed by atoms with Gasteiger partial charge in [0.15, 0.2) is 0 Å². The predicted molar refractivity (Wildman–Crippen MR) is 76.7 cm³/mol. The molecule has 1 saturated carbocycles. The Bertz CT molecular complexity index is 459. The van der Waals surface area contributed by atoms with Gasteiger partial charge in [-0.25, -0.2) is 0 Å². The fourth-order valence-electron chi connectivity index (χ4n) is 3.34. The van der Waals surface area contributed by atoms with Gasteiger partial charge in [-0.15, -0.1) is 0 Å². The maximum absolute atomic E-state index is 12.5. The highest BCUT2D eigenvalue weighted by Gasteiger charge is 2.32. The Kier molecular flexibility index (Phi) is 3.67. The molecule has 2 nitrogen and oxygen atoms in total. The average Bonchev–Trinajstić information content (AvgIpc) is 2.90. The minimum atomic E-state index is 0.138. The molecule has 0 N–H and O–H groups in total. The molecule has 100 valence electrons. The number of carbonyl (C=O) groups is 1. The van der Waals surface area contributed by atoms with Crippen LogP contribution in [-0.4, -0.2) is 16.8 Å². The van der Waals surface area contributed by atoms with Gasteiger partial charge < -0.3 is 4.90 Å². The minimum absolute atomic E-state index is 0.138. The summed E-state index contributed by atoms with van der Waals surface area (Å²) in [5, 5.41) is 0. The lowest BCUT2D eigenvalue weighted by molar-refractivity contribution is -0.134. The van der Waals surface area contributed by atoms with Crippen molar-refractivity contribution in [3.05, 3.63) is 48.0 Å². The Morgan fingerprint density at radius 3 is 2.53 bits per heavy atom. The first kappa shape index (κ1) is 12.5. The summed E-state index contributed by atoms with van der Waals surface area (Å²) in [6, 6.07) is 11.0. The van der Waals surface area contributed by atoms with Crippen LogP contribution in [0.2, 0.25) is 0 Å². The van der Waals surface area contributed by atoms with Crippen LogP contribution in [0.3, 0.4) is 0 Å². The van der Waals surface area contributed by atoms with Gasteiger partial charge in [0, 0.05) is 12.5 Å². The molecular weight excluding hydrogens is 234 g/mol. The van der Waals surface area contributed by atoms with Crippen LogP contribution in [0.25, 0.3) is 0 Å². The van der Waals surface area contributed by atoms with E-state index >= 15 is 0 Å². The normalized spacial score (nSPS) is 24.7. The zero-order chi connectivity index (χ0) is 13.1. The molecule has 1 aromatic rings. The largest absolute Gasteiger partial charge is 0.329 e. The fourth-order valence-corrected chi connectivity index (χ4v) is 3.34. The van der Waals surface area contributed by atoms with E-state index in [-0.39, 0.29) is 6.04 Å². The number of carbonyl (C=O) groups excluding carboxylic acids is 1. The number of nitrogens with zero attached hydrogens (tertiary/aromatic N) is 1. The maximum atomic E-state index is 12.5. The Balaban J connectivity index is 1.94. The van der Waals surface area contributed by atoms with Gasteiger partial charge >= 0.3 is 0 Å². The van der Waals surface area contributed by atoms with E-state index in [0.29, 0.717) is 18.4 Å². The number of rotatable bonds is 2. The summed E-state index contributed by atoms with van der Waals surface area (Å²) >= 11 is 0. The van der Waals surface area contributed by atoms with E-state index in [0.717, 1.165) is 6.42 Å². The zero-order valence-electron chi connectivity index (χ0n) is 11.3. The first-order valence-corrected chi connectivity index (χ1v) is 7.39. The van der Waals surface area contributed by atoms with E-state index in [4.69, 9.17) is 0 Å². The summed E-state index contributed by atoms with van der Waals surface area (Å²) in [7, 11) is 0. The van der Waals surface area contributed by atoms with Crippen molar-refractivity contribution in [1.29, 1.82) is 0 Å². The van der Waals surface area contributed by atoms with Crippen LogP contribution in [-0.2, 0) is 4.79 Å². The number of amides is 1. The smallest absolute Gasteiger partial charge is 0.223 e. The standard InChI is InChI=1S/C17H21NO/c19-17-13-7-6-12-16(14-8-2-1-3-9-14)18(17)15-10-4-5-11-15/h1-3,6,8-9,12,15-16H,4-5,7,10-11,13H2/t16-/m0/s1. The number of benzene rings is 1. The van der Waals surface area contributed by atoms with Crippen LogP contribution < -0.4 is 0 Å². The van der Waals surface area contributed by atoms with Gasteiger partial charge in [-0.3, -0.25) is 4.79 Å². The topological polar surface area (TPSA) is 20.3 Å². The van der Waals surface area contributed by atoms with E-state index in [1.165, 1.54) is 31.2 Å². The molecule has 0 radical (unpaired) electrons. The Labute approximate surface area is 115 Å². The molecule has 1 aliphatic carbocycles. The summed E-state index contributed by atoms with van der Waals surface area (Å²) in [4.78, 5) is 14.6. The third-order valence-electron chi connectivity index (χ3n) is 4.29. The number of hydrogen-bond acceptors (Lipinski definition) is 1. The molecule has 1 fully saturated rings. The predicted octanol–water partition coefficient (Wildman–Crippen LogP) is 3.85. The average molecular weight is 255 g/mol. The molecule has 1 heterocycles. The van der Waals surface area contributed by atoms with Crippen molar-refractivity contribution in [3.8, 4) is 0 Å². The molecule has 1 aliphatic heterocycles. The highest BCUT2D eigenvalue weighted by Crippen LogP contribution is 2.34. The quantitative estimate of drug-likeness (QED) is 0.735. The van der Waals surface area contributed by atoms with Gasteiger partial charge in [-0.1, -0.05) is 55.3 Å². The van der Waals surface area contributed by atoms with Gasteiger partial charge in [0.1, 0.15) is 0 Å². The van der Waals surface area contributed by atoms with E-state index in [1.54, 1.807) is 0 Å². The minimum Gasteiger partial charge on any atom is -0.329 e. The van der Waals surface area contributed by atoms with Crippen molar-refractivity contribution in [1.82, 2.24) is 4.90 Å². The summed E-state index contributed by atoms with van der Waals surface area (Å²) < 4.78 is 0. The maximum Gasteiger partial charge on any atom is 0.223 e. The van der Waals surface area contributed by atoms with Crippen LogP contribution in [0.4, 0.5) is 0 Å². The van der Waals surface area contributed by atoms with Crippen molar-refractivity contribution in [2.45, 2.75) is 50.6 Å². The molecule has 0 spiro atoms. The molecule has 2 heteroatoms. The summed E-state index contributed by atoms with van der Waals surface area (Å²) in [6.45, 7) is 0. The van der Waals surface area contributed by atoms with Crippen LogP contribution in [0.5, 0.6) is 0 Å². The molecule has 0 saturated heterocycles. The van der Waals surface area contributed by atoms with Crippen LogP contribution in [0.15, 0.2) is 42.5 Å². The number of hydrogen-bond donors (Lipinski definition) is 0. The fraction of sp³-hybridized carbons (Fsp3) is 0.471. The van der Waals surface area contributed by atoms with Crippen molar-refractivity contribution in [3.63, 3.8) is 0 Å². The van der Waals surface area contributed by atoms with E-state index in [2.05, 4.69) is 41.3 Å². The Morgan fingerprint density at radius 1 is 1.05 bits per heavy atom. The number of allylic oxidation sites excluding steroid dienone is 1. The molecule has 1 aromatic carbocycles. The van der Waals surface area contributed by atoms with Crippen LogP contribution >= 0.6 is 0 Å². The summed E-state index contributed by atoms with van der Waals surface area (Å²) in [5.74, 6) is 0.325. The summed E-state index contributed by atoms with van der Waals surface area (Å²) in [5.41, 5.74) is 1.24. The lowest BCUT2D eigenvalue weighted by Crippen LogP contribution is -2.40.